The summed E-state index contributed by atoms with van der Waals surface area (Å²) in [7, 11) is 0. The summed E-state index contributed by atoms with van der Waals surface area (Å²) in [5, 5.41) is 21.4. The highest BCUT2D eigenvalue weighted by Gasteiger charge is 2.31. The second-order valence-corrected chi connectivity index (χ2v) is 5.89. The van der Waals surface area contributed by atoms with Gasteiger partial charge in [0.25, 0.3) is 0 Å². The molecule has 25 heavy (non-hydrogen) atoms. The lowest BCUT2D eigenvalue weighted by atomic mass is 10.2. The van der Waals surface area contributed by atoms with E-state index in [0.717, 1.165) is 0 Å². The number of carbonyl (C=O) groups excluding carboxylic acids is 1. The largest absolute Gasteiger partial charge is 0.394 e. The molecule has 0 aliphatic carbocycles. The zero-order valence-electron chi connectivity index (χ0n) is 14.5. The molecule has 0 saturated heterocycles. The smallest absolute Gasteiger partial charge is 0.210 e. The maximum atomic E-state index is 11.2. The zero-order chi connectivity index (χ0) is 18.8. The van der Waals surface area contributed by atoms with Crippen LogP contribution in [0.1, 0.15) is 6.92 Å². The number of ketones is 1. The summed E-state index contributed by atoms with van der Waals surface area (Å²) in [6.07, 6.45) is 0. The lowest BCUT2D eigenvalue weighted by Crippen LogP contribution is -2.37. The van der Waals surface area contributed by atoms with Gasteiger partial charge in [-0.3, -0.25) is 4.79 Å². The molecule has 146 valence electrons. The molecule has 0 fully saturated rings. The number of aliphatic hydroxyl groups is 2. The Balaban J connectivity index is 3.36. The van der Waals surface area contributed by atoms with Gasteiger partial charge in [-0.15, -0.1) is 0 Å². The minimum absolute atomic E-state index is 0.00697. The van der Waals surface area contributed by atoms with E-state index in [-0.39, 0.29) is 12.4 Å². The van der Waals surface area contributed by atoms with Crippen LogP contribution >= 0.6 is 11.8 Å². The van der Waals surface area contributed by atoms with Crippen molar-refractivity contribution in [2.75, 3.05) is 71.0 Å². The van der Waals surface area contributed by atoms with Gasteiger partial charge >= 0.3 is 0 Å². The van der Waals surface area contributed by atoms with Crippen LogP contribution in [0.15, 0.2) is 5.11 Å². The Hall–Kier alpha value is -0.910. The van der Waals surface area contributed by atoms with E-state index >= 15 is 0 Å². The van der Waals surface area contributed by atoms with Gasteiger partial charge in [0, 0.05) is 16.4 Å². The number of Topliss-reactive ketones (excluding diaryl/α,β-unsaturated/α-hetero) is 1. The van der Waals surface area contributed by atoms with Crippen molar-refractivity contribution < 1.29 is 34.0 Å². The molecule has 0 rings (SSSR count). The van der Waals surface area contributed by atoms with Crippen LogP contribution in [-0.2, 0) is 23.7 Å². The molecular formula is C14H27N3O7S. The molecule has 0 aliphatic rings. The Morgan fingerprint density at radius 1 is 1.04 bits per heavy atom. The van der Waals surface area contributed by atoms with E-state index in [1.807, 2.05) is 0 Å². The Bertz CT molecular complexity index is 393. The Morgan fingerprint density at radius 2 is 1.52 bits per heavy atom. The van der Waals surface area contributed by atoms with Crippen molar-refractivity contribution in [2.24, 2.45) is 5.11 Å². The summed E-state index contributed by atoms with van der Waals surface area (Å²) in [5.41, 5.74) is 6.36. The van der Waals surface area contributed by atoms with Crippen LogP contribution in [-0.4, -0.2) is 92.7 Å². The maximum Gasteiger partial charge on any atom is 0.210 e. The van der Waals surface area contributed by atoms with Gasteiger partial charge in [-0.05, 0) is 12.5 Å². The minimum Gasteiger partial charge on any atom is -0.394 e. The molecule has 0 bridgehead atoms. The van der Waals surface area contributed by atoms with Crippen molar-refractivity contribution in [2.45, 2.75) is 12.6 Å². The topological polar surface area (TPSA) is 143 Å². The molecule has 0 aromatic carbocycles. The van der Waals surface area contributed by atoms with Crippen LogP contribution in [0.4, 0.5) is 0 Å². The van der Waals surface area contributed by atoms with E-state index in [1.165, 1.54) is 18.7 Å². The normalized spacial score (nSPS) is 13.2. The van der Waals surface area contributed by atoms with Gasteiger partial charge in [-0.2, -0.15) is 11.8 Å². The Kier molecular flexibility index (Phi) is 16.0. The molecule has 0 aromatic rings. The van der Waals surface area contributed by atoms with E-state index in [2.05, 4.69) is 10.0 Å². The number of hydrogen-bond donors (Lipinski definition) is 2. The van der Waals surface area contributed by atoms with Crippen molar-refractivity contribution in [1.82, 2.24) is 0 Å². The fraction of sp³-hybridized carbons (Fsp3) is 0.929. The van der Waals surface area contributed by atoms with E-state index in [9.17, 15) is 9.90 Å². The molecule has 0 radical (unpaired) electrons. The van der Waals surface area contributed by atoms with Crippen LogP contribution in [0.25, 0.3) is 10.4 Å². The molecule has 1 unspecified atom stereocenters. The van der Waals surface area contributed by atoms with Gasteiger partial charge in [0.1, 0.15) is 0 Å². The van der Waals surface area contributed by atoms with Gasteiger partial charge in [-0.25, -0.2) is 0 Å². The van der Waals surface area contributed by atoms with Gasteiger partial charge in [-0.1, -0.05) is 5.11 Å². The molecule has 0 aromatic heterocycles. The van der Waals surface area contributed by atoms with Crippen LogP contribution in [0.2, 0.25) is 0 Å². The van der Waals surface area contributed by atoms with Crippen molar-refractivity contribution >= 4 is 17.5 Å². The quantitative estimate of drug-likeness (QED) is 0.150. The number of nitrogens with zero attached hydrogens (tertiary/aromatic N) is 3. The number of aliphatic hydroxyl groups excluding tert-OH is 1. The van der Waals surface area contributed by atoms with E-state index in [4.69, 9.17) is 29.6 Å². The molecule has 0 aliphatic heterocycles. The Morgan fingerprint density at radius 3 is 1.96 bits per heavy atom. The summed E-state index contributed by atoms with van der Waals surface area (Å²) in [5.74, 6) is -0.0478. The molecule has 0 heterocycles. The first-order chi connectivity index (χ1) is 12.1. The summed E-state index contributed by atoms with van der Waals surface area (Å²) < 4.78 is 20.9. The Labute approximate surface area is 151 Å². The summed E-state index contributed by atoms with van der Waals surface area (Å²) in [6.45, 7) is 4.60. The molecule has 0 saturated carbocycles. The number of carbonyl (C=O) groups is 1. The fourth-order valence-corrected chi connectivity index (χ4v) is 2.36. The van der Waals surface area contributed by atoms with Crippen LogP contribution in [0.3, 0.4) is 0 Å². The molecule has 0 amide bonds. The molecule has 1 atom stereocenters. The first-order valence-corrected chi connectivity index (χ1v) is 9.01. The monoisotopic (exact) mass is 381 g/mol. The number of ether oxygens (including phenoxy) is 4. The molecule has 2 N–H and O–H groups in total. The lowest BCUT2D eigenvalue weighted by Gasteiger charge is -2.18. The average molecular weight is 381 g/mol. The summed E-state index contributed by atoms with van der Waals surface area (Å²) in [6, 6.07) is 0. The summed E-state index contributed by atoms with van der Waals surface area (Å²) in [4.78, 5) is 13.7. The first kappa shape index (κ1) is 24.1. The number of thioether (sulfide) groups is 1. The van der Waals surface area contributed by atoms with Crippen molar-refractivity contribution in [1.29, 1.82) is 0 Å². The third kappa shape index (κ3) is 14.0. The van der Waals surface area contributed by atoms with E-state index < -0.39 is 11.5 Å². The zero-order valence-corrected chi connectivity index (χ0v) is 15.3. The fourth-order valence-electron chi connectivity index (χ4n) is 1.43. The number of rotatable bonds is 18. The van der Waals surface area contributed by atoms with Gasteiger partial charge in [0.05, 0.1) is 59.5 Å². The van der Waals surface area contributed by atoms with Crippen LogP contribution in [0, 0.1) is 0 Å². The second-order valence-electron chi connectivity index (χ2n) is 4.79. The van der Waals surface area contributed by atoms with Crippen molar-refractivity contribution in [3.8, 4) is 0 Å². The van der Waals surface area contributed by atoms with Gasteiger partial charge in [0.15, 0.2) is 5.78 Å². The van der Waals surface area contributed by atoms with E-state index in [1.54, 1.807) is 0 Å². The molecule has 0 spiro atoms. The van der Waals surface area contributed by atoms with Crippen molar-refractivity contribution in [3.05, 3.63) is 10.4 Å². The van der Waals surface area contributed by atoms with Gasteiger partial charge in [0.2, 0.25) is 5.72 Å². The predicted molar refractivity (Wildman–Crippen MR) is 92.5 cm³/mol. The summed E-state index contributed by atoms with van der Waals surface area (Å²) >= 11 is 1.26. The standard InChI is InChI=1S/C14H27N3O7S/c1-13(19)14(20,16-17-15)12-25-11-10-24-9-8-23-7-6-22-5-4-21-3-2-18/h18,20H,2-12H2,1H3. The first-order valence-electron chi connectivity index (χ1n) is 7.86. The maximum absolute atomic E-state index is 11.2. The second kappa shape index (κ2) is 16.6. The SMILES string of the molecule is CC(=O)C(O)(CSCCOCCOCCOCCOCCO)N=[N+]=[N-]. The molecule has 10 nitrogen and oxygen atoms in total. The van der Waals surface area contributed by atoms with Gasteiger partial charge < -0.3 is 29.2 Å². The highest BCUT2D eigenvalue weighted by atomic mass is 32.2. The number of azide groups is 1. The molecular weight excluding hydrogens is 354 g/mol. The average Bonchev–Trinajstić information content (AvgIpc) is 2.58. The predicted octanol–water partition coefficient (Wildman–Crippen LogP) is 0.366. The third-order valence-corrected chi connectivity index (χ3v) is 3.86. The highest BCUT2D eigenvalue weighted by molar-refractivity contribution is 7.99. The number of hydrogen-bond acceptors (Lipinski definition) is 9. The van der Waals surface area contributed by atoms with Crippen LogP contribution in [0.5, 0.6) is 0 Å². The van der Waals surface area contributed by atoms with Crippen molar-refractivity contribution in [3.63, 3.8) is 0 Å². The highest BCUT2D eigenvalue weighted by Crippen LogP contribution is 2.16. The van der Waals surface area contributed by atoms with Crippen LogP contribution < -0.4 is 0 Å². The lowest BCUT2D eigenvalue weighted by molar-refractivity contribution is -0.132. The third-order valence-electron chi connectivity index (χ3n) is 2.80. The minimum atomic E-state index is -1.99. The molecule has 11 heteroatoms. The van der Waals surface area contributed by atoms with E-state index in [0.29, 0.717) is 58.6 Å².